The smallest absolute Gasteiger partial charge is 0.0710 e. The van der Waals surface area contributed by atoms with Crippen LogP contribution in [0.1, 0.15) is 6.42 Å². The average molecular weight is 130 g/mol. The molecular weight excluding hydrogens is 116 g/mol. The molecule has 1 unspecified atom stereocenters. The van der Waals surface area contributed by atoms with E-state index in [9.17, 15) is 0 Å². The molecule has 1 aliphatic heterocycles. The van der Waals surface area contributed by atoms with Gasteiger partial charge in [-0.15, -0.1) is 0 Å². The minimum Gasteiger partial charge on any atom is -0.376 e. The van der Waals surface area contributed by atoms with Gasteiger partial charge < -0.3 is 15.8 Å². The molecule has 1 rings (SSSR count). The third-order valence-corrected chi connectivity index (χ3v) is 1.54. The van der Waals surface area contributed by atoms with Crippen molar-refractivity contribution in [3.05, 3.63) is 0 Å². The summed E-state index contributed by atoms with van der Waals surface area (Å²) in [6.07, 6.45) is 1.34. The number of nitrogens with two attached hydrogens (primary N) is 1. The second-order valence-corrected chi connectivity index (χ2v) is 2.27. The third-order valence-electron chi connectivity index (χ3n) is 1.54. The van der Waals surface area contributed by atoms with E-state index in [2.05, 4.69) is 5.32 Å². The zero-order valence-electron chi connectivity index (χ0n) is 5.60. The van der Waals surface area contributed by atoms with E-state index in [4.69, 9.17) is 10.5 Å². The SMILES string of the molecule is NCC1CCNCCO1. The van der Waals surface area contributed by atoms with Crippen molar-refractivity contribution in [2.75, 3.05) is 26.2 Å². The maximum absolute atomic E-state index is 5.42. The second kappa shape index (κ2) is 3.82. The van der Waals surface area contributed by atoms with Crippen LogP contribution in [0.3, 0.4) is 0 Å². The zero-order valence-corrected chi connectivity index (χ0v) is 5.60. The summed E-state index contributed by atoms with van der Waals surface area (Å²) in [6.45, 7) is 3.47. The predicted molar refractivity (Wildman–Crippen MR) is 36.3 cm³/mol. The highest BCUT2D eigenvalue weighted by Crippen LogP contribution is 1.97. The summed E-state index contributed by atoms with van der Waals surface area (Å²) < 4.78 is 5.36. The number of hydrogen-bond donors (Lipinski definition) is 2. The van der Waals surface area contributed by atoms with Gasteiger partial charge in [0.25, 0.3) is 0 Å². The van der Waals surface area contributed by atoms with Crippen LogP contribution in [0, 0.1) is 0 Å². The first-order valence-electron chi connectivity index (χ1n) is 3.46. The Balaban J connectivity index is 2.18. The summed E-state index contributed by atoms with van der Waals surface area (Å²) in [5.41, 5.74) is 5.42. The van der Waals surface area contributed by atoms with Crippen LogP contribution in [0.2, 0.25) is 0 Å². The minimum atomic E-state index is 0.292. The van der Waals surface area contributed by atoms with Crippen LogP contribution < -0.4 is 11.1 Å². The van der Waals surface area contributed by atoms with Gasteiger partial charge in [0.1, 0.15) is 0 Å². The monoisotopic (exact) mass is 130 g/mol. The molecule has 1 aliphatic rings. The number of nitrogens with one attached hydrogen (secondary N) is 1. The maximum Gasteiger partial charge on any atom is 0.0710 e. The van der Waals surface area contributed by atoms with Gasteiger partial charge in [0.2, 0.25) is 0 Å². The first-order chi connectivity index (χ1) is 4.43. The zero-order chi connectivity index (χ0) is 6.53. The van der Waals surface area contributed by atoms with Crippen LogP contribution in [-0.2, 0) is 4.74 Å². The molecule has 0 saturated carbocycles. The molecule has 9 heavy (non-hydrogen) atoms. The molecule has 0 aliphatic carbocycles. The van der Waals surface area contributed by atoms with Crippen LogP contribution in [0.4, 0.5) is 0 Å². The van der Waals surface area contributed by atoms with E-state index in [1.54, 1.807) is 0 Å². The van der Waals surface area contributed by atoms with Crippen molar-refractivity contribution in [1.29, 1.82) is 0 Å². The molecule has 54 valence electrons. The van der Waals surface area contributed by atoms with Crippen molar-refractivity contribution in [2.24, 2.45) is 5.73 Å². The van der Waals surface area contributed by atoms with Gasteiger partial charge in [-0.25, -0.2) is 0 Å². The van der Waals surface area contributed by atoms with Crippen LogP contribution in [0.25, 0.3) is 0 Å². The van der Waals surface area contributed by atoms with Gasteiger partial charge in [-0.2, -0.15) is 0 Å². The highest BCUT2D eigenvalue weighted by Gasteiger charge is 2.08. The van der Waals surface area contributed by atoms with Gasteiger partial charge in [0.05, 0.1) is 12.7 Å². The first kappa shape index (κ1) is 6.99. The summed E-state index contributed by atoms with van der Waals surface area (Å²) >= 11 is 0. The van der Waals surface area contributed by atoms with E-state index in [1.807, 2.05) is 0 Å². The molecule has 1 atom stereocenters. The topological polar surface area (TPSA) is 47.3 Å². The van der Waals surface area contributed by atoms with Crippen molar-refractivity contribution in [3.8, 4) is 0 Å². The molecule has 1 saturated heterocycles. The van der Waals surface area contributed by atoms with Crippen molar-refractivity contribution in [3.63, 3.8) is 0 Å². The van der Waals surface area contributed by atoms with E-state index in [0.717, 1.165) is 26.1 Å². The Labute approximate surface area is 55.6 Å². The van der Waals surface area contributed by atoms with Crippen LogP contribution in [-0.4, -0.2) is 32.3 Å². The molecule has 1 fully saturated rings. The standard InChI is InChI=1S/C6H14N2O/c7-5-6-1-2-8-3-4-9-6/h6,8H,1-5,7H2. The van der Waals surface area contributed by atoms with Crippen molar-refractivity contribution < 1.29 is 4.74 Å². The number of rotatable bonds is 1. The molecule has 0 amide bonds. The van der Waals surface area contributed by atoms with Gasteiger partial charge >= 0.3 is 0 Å². The molecule has 3 nitrogen and oxygen atoms in total. The maximum atomic E-state index is 5.42. The molecule has 0 aromatic heterocycles. The van der Waals surface area contributed by atoms with Crippen LogP contribution >= 0.6 is 0 Å². The van der Waals surface area contributed by atoms with Crippen molar-refractivity contribution in [2.45, 2.75) is 12.5 Å². The van der Waals surface area contributed by atoms with Gasteiger partial charge in [0, 0.05) is 13.1 Å². The predicted octanol–water partition coefficient (Wildman–Crippen LogP) is -0.676. The third kappa shape index (κ3) is 2.30. The highest BCUT2D eigenvalue weighted by atomic mass is 16.5. The van der Waals surface area contributed by atoms with E-state index in [-0.39, 0.29) is 0 Å². The fraction of sp³-hybridized carbons (Fsp3) is 1.00. The van der Waals surface area contributed by atoms with Gasteiger partial charge in [-0.05, 0) is 13.0 Å². The van der Waals surface area contributed by atoms with Crippen LogP contribution in [0.15, 0.2) is 0 Å². The Hall–Kier alpha value is -0.120. The van der Waals surface area contributed by atoms with Gasteiger partial charge in [-0.3, -0.25) is 0 Å². The molecule has 0 bridgehead atoms. The summed E-state index contributed by atoms with van der Waals surface area (Å²) in [5, 5.41) is 3.23. The fourth-order valence-corrected chi connectivity index (χ4v) is 0.955. The summed E-state index contributed by atoms with van der Waals surface area (Å²) in [5.74, 6) is 0. The molecular formula is C6H14N2O. The summed E-state index contributed by atoms with van der Waals surface area (Å²) in [6, 6.07) is 0. The Kier molecular flexibility index (Phi) is 2.97. The lowest BCUT2D eigenvalue weighted by atomic mass is 10.2. The molecule has 3 N–H and O–H groups in total. The van der Waals surface area contributed by atoms with E-state index in [0.29, 0.717) is 12.6 Å². The van der Waals surface area contributed by atoms with E-state index in [1.165, 1.54) is 0 Å². The summed E-state index contributed by atoms with van der Waals surface area (Å²) in [7, 11) is 0. The largest absolute Gasteiger partial charge is 0.376 e. The molecule has 0 aromatic carbocycles. The normalized spacial score (nSPS) is 29.7. The molecule has 3 heteroatoms. The lowest BCUT2D eigenvalue weighted by Gasteiger charge is -2.09. The highest BCUT2D eigenvalue weighted by molar-refractivity contribution is 4.64. The van der Waals surface area contributed by atoms with Gasteiger partial charge in [-0.1, -0.05) is 0 Å². The Morgan fingerprint density at radius 3 is 3.22 bits per heavy atom. The van der Waals surface area contributed by atoms with Crippen LogP contribution in [0.5, 0.6) is 0 Å². The Morgan fingerprint density at radius 2 is 2.44 bits per heavy atom. The van der Waals surface area contributed by atoms with E-state index < -0.39 is 0 Å². The van der Waals surface area contributed by atoms with E-state index >= 15 is 0 Å². The second-order valence-electron chi connectivity index (χ2n) is 2.27. The first-order valence-corrected chi connectivity index (χ1v) is 3.46. The summed E-state index contributed by atoms with van der Waals surface area (Å²) in [4.78, 5) is 0. The Bertz CT molecular complexity index is 69.5. The van der Waals surface area contributed by atoms with Gasteiger partial charge in [0.15, 0.2) is 0 Å². The number of ether oxygens (including phenoxy) is 1. The minimum absolute atomic E-state index is 0.292. The van der Waals surface area contributed by atoms with Crippen molar-refractivity contribution in [1.82, 2.24) is 5.32 Å². The molecule has 1 heterocycles. The molecule has 0 spiro atoms. The Morgan fingerprint density at radius 1 is 1.56 bits per heavy atom. The lowest BCUT2D eigenvalue weighted by Crippen LogP contribution is -2.23. The fourth-order valence-electron chi connectivity index (χ4n) is 0.955. The lowest BCUT2D eigenvalue weighted by molar-refractivity contribution is 0.0710. The van der Waals surface area contributed by atoms with Crippen molar-refractivity contribution >= 4 is 0 Å². The average Bonchev–Trinajstić information content (AvgIpc) is 2.13. The quantitative estimate of drug-likeness (QED) is 0.494. The molecule has 0 aromatic rings. The molecule has 0 radical (unpaired) electrons. The number of hydrogen-bond acceptors (Lipinski definition) is 3.